The molecule has 0 aliphatic heterocycles. The summed E-state index contributed by atoms with van der Waals surface area (Å²) in [6.45, 7) is 0. The maximum absolute atomic E-state index is 4.96. The molecule has 0 aliphatic carbocycles. The molecule has 0 aliphatic rings. The lowest BCUT2D eigenvalue weighted by Gasteiger charge is -1.99. The third kappa shape index (κ3) is 1.25. The molecule has 3 aromatic rings. The maximum Gasteiger partial charge on any atom is 0.208 e. The molecule has 0 saturated carbocycles. The number of aromatic nitrogens is 4. The van der Waals surface area contributed by atoms with E-state index in [1.165, 1.54) is 6.20 Å². The van der Waals surface area contributed by atoms with Gasteiger partial charge in [-0.3, -0.25) is 0 Å². The Morgan fingerprint density at radius 3 is 2.80 bits per heavy atom. The molecule has 2 aromatic heterocycles. The van der Waals surface area contributed by atoms with Gasteiger partial charge >= 0.3 is 0 Å². The number of hydrogen-bond donors (Lipinski definition) is 0. The topological polar surface area (TPSA) is 64.7 Å². The first-order chi connectivity index (χ1) is 7.45. The summed E-state index contributed by atoms with van der Waals surface area (Å²) < 4.78 is 4.96. The Labute approximate surface area is 84.7 Å². The lowest BCUT2D eigenvalue weighted by Crippen LogP contribution is -1.87. The van der Waals surface area contributed by atoms with Crippen LogP contribution in [0.15, 0.2) is 41.2 Å². The van der Waals surface area contributed by atoms with E-state index in [0.717, 1.165) is 10.8 Å². The number of rotatable bonds is 1. The van der Waals surface area contributed by atoms with Crippen molar-refractivity contribution in [1.82, 2.24) is 20.6 Å². The summed E-state index contributed by atoms with van der Waals surface area (Å²) in [6, 6.07) is 7.82. The van der Waals surface area contributed by atoms with E-state index in [-0.39, 0.29) is 0 Å². The van der Waals surface area contributed by atoms with Gasteiger partial charge in [-0.25, -0.2) is 0 Å². The molecule has 5 heteroatoms. The number of benzene rings is 1. The van der Waals surface area contributed by atoms with Crippen LogP contribution in [0.3, 0.4) is 0 Å². The van der Waals surface area contributed by atoms with Crippen molar-refractivity contribution in [3.8, 4) is 11.5 Å². The first-order valence-corrected chi connectivity index (χ1v) is 4.43. The van der Waals surface area contributed by atoms with E-state index in [9.17, 15) is 0 Å². The molecule has 1 aromatic carbocycles. The quantitative estimate of drug-likeness (QED) is 0.595. The van der Waals surface area contributed by atoms with E-state index in [1.54, 1.807) is 6.20 Å². The summed E-state index contributed by atoms with van der Waals surface area (Å²) >= 11 is 0. The standard InChI is InChI=1S/C10H6N4O/c1-2-4-8-7(3-1)5-11-13-10(8)9-6-12-14-15-9/h1-6H. The Bertz CT molecular complexity index is 586. The zero-order chi connectivity index (χ0) is 10.1. The number of hydrogen-bond acceptors (Lipinski definition) is 5. The molecule has 0 fully saturated rings. The highest BCUT2D eigenvalue weighted by Gasteiger charge is 2.09. The van der Waals surface area contributed by atoms with E-state index in [0.29, 0.717) is 11.5 Å². The van der Waals surface area contributed by atoms with Crippen LogP contribution in [-0.2, 0) is 0 Å². The highest BCUT2D eigenvalue weighted by Crippen LogP contribution is 2.23. The van der Waals surface area contributed by atoms with E-state index in [2.05, 4.69) is 20.6 Å². The maximum atomic E-state index is 4.96. The summed E-state index contributed by atoms with van der Waals surface area (Å²) in [5.74, 6) is 0.527. The van der Waals surface area contributed by atoms with Gasteiger partial charge < -0.3 is 4.52 Å². The van der Waals surface area contributed by atoms with Crippen LogP contribution < -0.4 is 0 Å². The van der Waals surface area contributed by atoms with Gasteiger partial charge in [-0.2, -0.15) is 5.10 Å². The Balaban J connectivity index is 2.36. The van der Waals surface area contributed by atoms with E-state index < -0.39 is 0 Å². The first kappa shape index (κ1) is 8.05. The summed E-state index contributed by atoms with van der Waals surface area (Å²) in [5, 5.41) is 17.0. The molecular weight excluding hydrogens is 192 g/mol. The van der Waals surface area contributed by atoms with Crippen molar-refractivity contribution in [2.24, 2.45) is 0 Å². The highest BCUT2D eigenvalue weighted by atomic mass is 16.5. The van der Waals surface area contributed by atoms with Crippen LogP contribution in [0.5, 0.6) is 0 Å². The summed E-state index contributed by atoms with van der Waals surface area (Å²) in [4.78, 5) is 0. The van der Waals surface area contributed by atoms with Crippen molar-refractivity contribution in [3.63, 3.8) is 0 Å². The van der Waals surface area contributed by atoms with Gasteiger partial charge in [0.05, 0.1) is 6.20 Å². The molecule has 2 heterocycles. The van der Waals surface area contributed by atoms with Gasteiger partial charge in [-0.1, -0.05) is 24.3 Å². The van der Waals surface area contributed by atoms with Gasteiger partial charge in [0.1, 0.15) is 11.9 Å². The van der Waals surface area contributed by atoms with Crippen molar-refractivity contribution in [3.05, 3.63) is 36.7 Å². The lowest BCUT2D eigenvalue weighted by molar-refractivity contribution is 0.402. The molecule has 0 amide bonds. The van der Waals surface area contributed by atoms with E-state index in [1.807, 2.05) is 24.3 Å². The Kier molecular flexibility index (Phi) is 1.68. The van der Waals surface area contributed by atoms with Crippen LogP contribution in [0.1, 0.15) is 0 Å². The molecule has 0 atom stereocenters. The van der Waals surface area contributed by atoms with E-state index >= 15 is 0 Å². The minimum Gasteiger partial charge on any atom is -0.335 e. The fraction of sp³-hybridized carbons (Fsp3) is 0. The van der Waals surface area contributed by atoms with Crippen molar-refractivity contribution in [2.45, 2.75) is 0 Å². The normalized spacial score (nSPS) is 10.7. The van der Waals surface area contributed by atoms with E-state index in [4.69, 9.17) is 4.52 Å². The first-order valence-electron chi connectivity index (χ1n) is 4.43. The molecule has 0 unspecified atom stereocenters. The van der Waals surface area contributed by atoms with Crippen LogP contribution >= 0.6 is 0 Å². The molecule has 0 bridgehead atoms. The second kappa shape index (κ2) is 3.13. The average molecular weight is 198 g/mol. The Hall–Kier alpha value is -2.30. The predicted molar refractivity (Wildman–Crippen MR) is 52.8 cm³/mol. The number of nitrogens with zero attached hydrogens (tertiary/aromatic N) is 4. The van der Waals surface area contributed by atoms with Gasteiger partial charge in [0.2, 0.25) is 5.76 Å². The molecular formula is C10H6N4O. The largest absolute Gasteiger partial charge is 0.335 e. The highest BCUT2D eigenvalue weighted by molar-refractivity contribution is 5.92. The van der Waals surface area contributed by atoms with Gasteiger partial charge in [0, 0.05) is 16.0 Å². The van der Waals surface area contributed by atoms with Crippen LogP contribution in [0, 0.1) is 0 Å². The Morgan fingerprint density at radius 2 is 1.93 bits per heavy atom. The van der Waals surface area contributed by atoms with Gasteiger partial charge in [0.25, 0.3) is 0 Å². The van der Waals surface area contributed by atoms with Gasteiger partial charge in [-0.05, 0) is 0 Å². The molecule has 72 valence electrons. The second-order valence-electron chi connectivity index (χ2n) is 3.06. The molecule has 3 rings (SSSR count). The number of fused-ring (bicyclic) bond motifs is 1. The van der Waals surface area contributed by atoms with Crippen molar-refractivity contribution in [2.75, 3.05) is 0 Å². The van der Waals surface area contributed by atoms with Crippen LogP contribution in [0.2, 0.25) is 0 Å². The molecule has 0 radical (unpaired) electrons. The predicted octanol–water partition coefficient (Wildman–Crippen LogP) is 1.68. The second-order valence-corrected chi connectivity index (χ2v) is 3.06. The smallest absolute Gasteiger partial charge is 0.208 e. The van der Waals surface area contributed by atoms with Gasteiger partial charge in [0.15, 0.2) is 0 Å². The third-order valence-corrected chi connectivity index (χ3v) is 2.17. The van der Waals surface area contributed by atoms with Gasteiger partial charge in [-0.15, -0.1) is 10.2 Å². The fourth-order valence-electron chi connectivity index (χ4n) is 1.48. The van der Waals surface area contributed by atoms with Crippen LogP contribution in [0.25, 0.3) is 22.2 Å². The summed E-state index contributed by atoms with van der Waals surface area (Å²) in [5.41, 5.74) is 0.665. The van der Waals surface area contributed by atoms with Crippen LogP contribution in [-0.4, -0.2) is 20.6 Å². The zero-order valence-electron chi connectivity index (χ0n) is 7.66. The Morgan fingerprint density at radius 1 is 1.00 bits per heavy atom. The molecule has 5 nitrogen and oxygen atoms in total. The average Bonchev–Trinajstić information content (AvgIpc) is 2.82. The monoisotopic (exact) mass is 198 g/mol. The molecule has 0 saturated heterocycles. The lowest BCUT2D eigenvalue weighted by atomic mass is 10.1. The van der Waals surface area contributed by atoms with Crippen molar-refractivity contribution < 1.29 is 4.52 Å². The minimum absolute atomic E-state index is 0.527. The van der Waals surface area contributed by atoms with Crippen LogP contribution in [0.4, 0.5) is 0 Å². The summed E-state index contributed by atoms with van der Waals surface area (Å²) in [6.07, 6.45) is 3.24. The molecule has 15 heavy (non-hydrogen) atoms. The van der Waals surface area contributed by atoms with Crippen molar-refractivity contribution in [1.29, 1.82) is 0 Å². The minimum atomic E-state index is 0.527. The molecule has 0 N–H and O–H groups in total. The third-order valence-electron chi connectivity index (χ3n) is 2.17. The fourth-order valence-corrected chi connectivity index (χ4v) is 1.48. The summed E-state index contributed by atoms with van der Waals surface area (Å²) in [7, 11) is 0. The SMILES string of the molecule is c1ccc2c(-c3cnno3)nncc2c1. The molecule has 0 spiro atoms. The van der Waals surface area contributed by atoms with Crippen molar-refractivity contribution >= 4 is 10.8 Å². The zero-order valence-corrected chi connectivity index (χ0v) is 7.66.